The van der Waals surface area contributed by atoms with Gasteiger partial charge in [-0.1, -0.05) is 6.92 Å². The molecule has 0 saturated carbocycles. The van der Waals surface area contributed by atoms with Crippen molar-refractivity contribution in [1.29, 1.82) is 5.26 Å². The number of nitriles is 1. The van der Waals surface area contributed by atoms with Gasteiger partial charge < -0.3 is 9.47 Å². The van der Waals surface area contributed by atoms with Gasteiger partial charge in [0.1, 0.15) is 0 Å². The topological polar surface area (TPSA) is 80.1 Å². The minimum Gasteiger partial charge on any atom is -0.493 e. The highest BCUT2D eigenvalue weighted by Crippen LogP contribution is 2.31. The number of nitrogens with zero attached hydrogens (tertiary/aromatic N) is 3. The van der Waals surface area contributed by atoms with E-state index in [1.165, 1.54) is 0 Å². The van der Waals surface area contributed by atoms with Gasteiger partial charge in [-0.25, -0.2) is 0 Å². The molecule has 1 aromatic heterocycles. The molecule has 2 rings (SSSR count). The molecule has 0 unspecified atom stereocenters. The predicted octanol–water partition coefficient (Wildman–Crippen LogP) is 2.83. The number of nitrogens with one attached hydrogen (secondary N) is 1. The fourth-order valence-corrected chi connectivity index (χ4v) is 1.77. The van der Waals surface area contributed by atoms with Crippen LogP contribution in [0.2, 0.25) is 0 Å². The Bertz CT molecular complexity index is 635. The smallest absolute Gasteiger partial charge is 0.182 e. The summed E-state index contributed by atoms with van der Waals surface area (Å²) < 4.78 is 11.0. The first-order valence-corrected chi connectivity index (χ1v) is 6.58. The summed E-state index contributed by atoms with van der Waals surface area (Å²) in [5.41, 5.74) is 1.56. The van der Waals surface area contributed by atoms with Crippen molar-refractivity contribution in [2.24, 2.45) is 0 Å². The van der Waals surface area contributed by atoms with E-state index in [1.54, 1.807) is 25.4 Å². The molecule has 1 N–H and O–H groups in total. The second-order valence-corrected chi connectivity index (χ2v) is 4.25. The van der Waals surface area contributed by atoms with Crippen molar-refractivity contribution in [3.05, 3.63) is 30.3 Å². The van der Waals surface area contributed by atoms with E-state index in [-0.39, 0.29) is 0 Å². The lowest BCUT2D eigenvalue weighted by Gasteiger charge is -2.11. The number of benzene rings is 1. The molecule has 0 aliphatic heterocycles. The number of rotatable bonds is 6. The maximum atomic E-state index is 8.52. The summed E-state index contributed by atoms with van der Waals surface area (Å²) in [6.45, 7) is 2.69. The molecule has 21 heavy (non-hydrogen) atoms. The molecule has 0 bridgehead atoms. The molecule has 0 aliphatic carbocycles. The molecular weight excluding hydrogens is 268 g/mol. The third-order valence-corrected chi connectivity index (χ3v) is 2.77. The zero-order valence-corrected chi connectivity index (χ0v) is 12.0. The highest BCUT2D eigenvalue weighted by atomic mass is 16.5. The highest BCUT2D eigenvalue weighted by Gasteiger charge is 2.08. The average Bonchev–Trinajstić information content (AvgIpc) is 2.54. The van der Waals surface area contributed by atoms with E-state index >= 15 is 0 Å². The SMILES string of the molecule is CCCOc1ccc(-c2ccc(NC#N)nn2)cc1OC. The van der Waals surface area contributed by atoms with Crippen LogP contribution >= 0.6 is 0 Å². The summed E-state index contributed by atoms with van der Waals surface area (Å²) in [6, 6.07) is 9.09. The van der Waals surface area contributed by atoms with Crippen LogP contribution in [0.3, 0.4) is 0 Å². The number of anilines is 1. The van der Waals surface area contributed by atoms with Crippen LogP contribution < -0.4 is 14.8 Å². The van der Waals surface area contributed by atoms with Crippen molar-refractivity contribution in [2.75, 3.05) is 19.0 Å². The maximum Gasteiger partial charge on any atom is 0.182 e. The Morgan fingerprint density at radius 3 is 2.67 bits per heavy atom. The van der Waals surface area contributed by atoms with E-state index in [0.29, 0.717) is 29.6 Å². The second-order valence-electron chi connectivity index (χ2n) is 4.25. The first-order valence-electron chi connectivity index (χ1n) is 6.58. The molecule has 0 radical (unpaired) electrons. The molecule has 108 valence electrons. The van der Waals surface area contributed by atoms with Gasteiger partial charge in [0, 0.05) is 5.56 Å². The molecule has 6 nitrogen and oxygen atoms in total. The van der Waals surface area contributed by atoms with Crippen molar-refractivity contribution < 1.29 is 9.47 Å². The second kappa shape index (κ2) is 7.10. The van der Waals surface area contributed by atoms with E-state index in [9.17, 15) is 0 Å². The monoisotopic (exact) mass is 284 g/mol. The Labute approximate surface area is 123 Å². The molecule has 1 heterocycles. The first-order chi connectivity index (χ1) is 10.3. The van der Waals surface area contributed by atoms with Gasteiger partial charge in [0.15, 0.2) is 23.5 Å². The minimum atomic E-state index is 0.413. The summed E-state index contributed by atoms with van der Waals surface area (Å²) in [5, 5.41) is 18.9. The van der Waals surface area contributed by atoms with E-state index in [0.717, 1.165) is 12.0 Å². The Kier molecular flexibility index (Phi) is 4.94. The third kappa shape index (κ3) is 3.60. The maximum absolute atomic E-state index is 8.52. The van der Waals surface area contributed by atoms with Crippen molar-refractivity contribution >= 4 is 5.82 Å². The molecule has 1 aromatic carbocycles. The number of hydrogen-bond acceptors (Lipinski definition) is 6. The molecule has 0 amide bonds. The molecule has 0 saturated heterocycles. The average molecular weight is 284 g/mol. The van der Waals surface area contributed by atoms with Crippen LogP contribution in [-0.2, 0) is 0 Å². The molecule has 0 spiro atoms. The molecular formula is C15H16N4O2. The van der Waals surface area contributed by atoms with Crippen molar-refractivity contribution in [1.82, 2.24) is 10.2 Å². The molecule has 0 aliphatic rings. The van der Waals surface area contributed by atoms with Crippen LogP contribution in [0.4, 0.5) is 5.82 Å². The van der Waals surface area contributed by atoms with E-state index < -0.39 is 0 Å². The lowest BCUT2D eigenvalue weighted by molar-refractivity contribution is 0.294. The van der Waals surface area contributed by atoms with Gasteiger partial charge in [-0.3, -0.25) is 5.32 Å². The normalized spacial score (nSPS) is 9.76. The largest absolute Gasteiger partial charge is 0.493 e. The van der Waals surface area contributed by atoms with Gasteiger partial charge in [0.05, 0.1) is 19.4 Å². The quantitative estimate of drug-likeness (QED) is 0.649. The summed E-state index contributed by atoms with van der Waals surface area (Å²) in [6.07, 6.45) is 2.73. The Morgan fingerprint density at radius 2 is 2.05 bits per heavy atom. The fraction of sp³-hybridized carbons (Fsp3) is 0.267. The molecule has 0 atom stereocenters. The number of methoxy groups -OCH3 is 1. The standard InChI is InChI=1S/C15H16N4O2/c1-3-8-21-13-6-4-11(9-14(13)20-2)12-5-7-15(17-10-16)19-18-12/h4-7,9H,3,8H2,1-2H3,(H,17,19). The van der Waals surface area contributed by atoms with Gasteiger partial charge >= 0.3 is 0 Å². The van der Waals surface area contributed by atoms with Gasteiger partial charge in [0.25, 0.3) is 0 Å². The van der Waals surface area contributed by atoms with Gasteiger partial charge in [-0.2, -0.15) is 5.26 Å². The Morgan fingerprint density at radius 1 is 1.19 bits per heavy atom. The van der Waals surface area contributed by atoms with Crippen molar-refractivity contribution in [2.45, 2.75) is 13.3 Å². The van der Waals surface area contributed by atoms with Crippen LogP contribution in [0.5, 0.6) is 11.5 Å². The molecule has 2 aromatic rings. The zero-order valence-electron chi connectivity index (χ0n) is 12.0. The van der Waals surface area contributed by atoms with Crippen LogP contribution in [0.25, 0.3) is 11.3 Å². The first kappa shape index (κ1) is 14.6. The number of hydrogen-bond donors (Lipinski definition) is 1. The van der Waals surface area contributed by atoms with Crippen LogP contribution in [0, 0.1) is 11.5 Å². The van der Waals surface area contributed by atoms with E-state index in [1.807, 2.05) is 25.1 Å². The van der Waals surface area contributed by atoms with Crippen molar-refractivity contribution in [3.63, 3.8) is 0 Å². The zero-order chi connectivity index (χ0) is 15.1. The summed E-state index contributed by atoms with van der Waals surface area (Å²) >= 11 is 0. The van der Waals surface area contributed by atoms with Gasteiger partial charge in [-0.15, -0.1) is 10.2 Å². The highest BCUT2D eigenvalue weighted by molar-refractivity contribution is 5.64. The summed E-state index contributed by atoms with van der Waals surface area (Å²) in [7, 11) is 1.60. The lowest BCUT2D eigenvalue weighted by Crippen LogP contribution is -1.98. The van der Waals surface area contributed by atoms with Gasteiger partial charge in [0.2, 0.25) is 0 Å². The van der Waals surface area contributed by atoms with E-state index in [2.05, 4.69) is 15.5 Å². The lowest BCUT2D eigenvalue weighted by atomic mass is 10.1. The van der Waals surface area contributed by atoms with Crippen molar-refractivity contribution in [3.8, 4) is 28.9 Å². The summed E-state index contributed by atoms with van der Waals surface area (Å²) in [4.78, 5) is 0. The van der Waals surface area contributed by atoms with E-state index in [4.69, 9.17) is 14.7 Å². The number of aromatic nitrogens is 2. The number of ether oxygens (including phenoxy) is 2. The van der Waals surface area contributed by atoms with Crippen LogP contribution in [-0.4, -0.2) is 23.9 Å². The molecule has 0 fully saturated rings. The van der Waals surface area contributed by atoms with Crippen LogP contribution in [0.15, 0.2) is 30.3 Å². The molecule has 6 heteroatoms. The minimum absolute atomic E-state index is 0.413. The Balaban J connectivity index is 2.25. The Hall–Kier alpha value is -2.81. The van der Waals surface area contributed by atoms with Gasteiger partial charge in [-0.05, 0) is 36.8 Å². The fourth-order valence-electron chi connectivity index (χ4n) is 1.77. The van der Waals surface area contributed by atoms with Crippen LogP contribution in [0.1, 0.15) is 13.3 Å². The predicted molar refractivity (Wildman–Crippen MR) is 79.0 cm³/mol. The summed E-state index contributed by atoms with van der Waals surface area (Å²) in [5.74, 6) is 1.77. The third-order valence-electron chi connectivity index (χ3n) is 2.77.